The molecule has 33 heavy (non-hydrogen) atoms. The number of ether oxygens (including phenoxy) is 1. The summed E-state index contributed by atoms with van der Waals surface area (Å²) in [4.78, 5) is 27.2. The summed E-state index contributed by atoms with van der Waals surface area (Å²) in [5.74, 6) is -1.07. The van der Waals surface area contributed by atoms with Gasteiger partial charge in [-0.3, -0.25) is 25.3 Å². The van der Waals surface area contributed by atoms with Crippen molar-refractivity contribution in [1.29, 1.82) is 0 Å². The number of sulfonamides is 1. The van der Waals surface area contributed by atoms with Crippen molar-refractivity contribution in [3.05, 3.63) is 65.2 Å². The van der Waals surface area contributed by atoms with Gasteiger partial charge in [-0.25, -0.2) is 8.42 Å². The monoisotopic (exact) mass is 474 g/mol. The molecule has 2 aromatic rings. The Kier molecular flexibility index (Phi) is 8.56. The molecule has 0 unspecified atom stereocenters. The van der Waals surface area contributed by atoms with Crippen LogP contribution in [0.4, 0.5) is 0 Å². The van der Waals surface area contributed by atoms with Gasteiger partial charge in [-0.05, 0) is 49.0 Å². The van der Waals surface area contributed by atoms with Crippen molar-refractivity contribution in [3.8, 4) is 0 Å². The molecule has 0 bridgehead atoms. The minimum absolute atomic E-state index is 0.0205. The van der Waals surface area contributed by atoms with Gasteiger partial charge in [-0.15, -0.1) is 0 Å². The van der Waals surface area contributed by atoms with E-state index >= 15 is 0 Å². The number of benzene rings is 2. The van der Waals surface area contributed by atoms with Crippen molar-refractivity contribution in [2.24, 2.45) is 0 Å². The van der Waals surface area contributed by atoms with Crippen molar-refractivity contribution in [3.63, 3.8) is 0 Å². The first kappa shape index (κ1) is 24.8. The number of rotatable bonds is 8. The fourth-order valence-corrected chi connectivity index (χ4v) is 4.91. The Morgan fingerprint density at radius 2 is 1.55 bits per heavy atom. The van der Waals surface area contributed by atoms with Gasteiger partial charge in [-0.2, -0.15) is 4.31 Å². The van der Waals surface area contributed by atoms with Gasteiger partial charge in [0.2, 0.25) is 10.0 Å². The topological polar surface area (TPSA) is 108 Å². The molecule has 10 heteroatoms. The fraction of sp³-hybridized carbons (Fsp3) is 0.391. The van der Waals surface area contributed by atoms with Crippen LogP contribution < -0.4 is 10.9 Å². The molecule has 1 aliphatic heterocycles. The molecule has 1 fully saturated rings. The molecule has 178 valence electrons. The summed E-state index contributed by atoms with van der Waals surface area (Å²) in [6.45, 7) is 8.09. The number of nitrogens with one attached hydrogen (secondary N) is 2. The Bertz CT molecular complexity index is 1060. The van der Waals surface area contributed by atoms with E-state index in [1.54, 1.807) is 12.1 Å². The standard InChI is InChI=1S/C23H30N4O5S/c1-3-26(4-2)17-18-8-10-19(11-9-18)22(28)24-25-23(29)20-6-5-7-21(16-20)33(30,31)27-12-14-32-15-13-27/h5-11,16H,3-4,12-15,17H2,1-2H3,(H,24,28)(H,25,29). The van der Waals surface area contributed by atoms with Gasteiger partial charge in [0.05, 0.1) is 18.1 Å². The minimum atomic E-state index is -3.73. The molecule has 0 radical (unpaired) electrons. The first-order valence-electron chi connectivity index (χ1n) is 10.9. The first-order valence-corrected chi connectivity index (χ1v) is 12.4. The molecule has 1 aliphatic rings. The zero-order chi connectivity index (χ0) is 23.8. The third-order valence-corrected chi connectivity index (χ3v) is 7.40. The van der Waals surface area contributed by atoms with Gasteiger partial charge >= 0.3 is 0 Å². The fourth-order valence-electron chi connectivity index (χ4n) is 3.46. The summed E-state index contributed by atoms with van der Waals surface area (Å²) < 4.78 is 32.2. The van der Waals surface area contributed by atoms with E-state index in [2.05, 4.69) is 29.6 Å². The smallest absolute Gasteiger partial charge is 0.269 e. The van der Waals surface area contributed by atoms with E-state index < -0.39 is 21.8 Å². The van der Waals surface area contributed by atoms with Gasteiger partial charge < -0.3 is 4.74 Å². The van der Waals surface area contributed by atoms with Crippen LogP contribution in [0.2, 0.25) is 0 Å². The third kappa shape index (κ3) is 6.38. The molecule has 0 aliphatic carbocycles. The SMILES string of the molecule is CCN(CC)Cc1ccc(C(=O)NNC(=O)c2cccc(S(=O)(=O)N3CCOCC3)c2)cc1. The van der Waals surface area contributed by atoms with E-state index in [9.17, 15) is 18.0 Å². The van der Waals surface area contributed by atoms with Gasteiger partial charge in [0.1, 0.15) is 0 Å². The van der Waals surface area contributed by atoms with Crippen LogP contribution in [0, 0.1) is 0 Å². The Morgan fingerprint density at radius 1 is 0.939 bits per heavy atom. The molecule has 2 amide bonds. The number of amides is 2. The second kappa shape index (κ2) is 11.4. The van der Waals surface area contributed by atoms with Gasteiger partial charge in [0.25, 0.3) is 11.8 Å². The van der Waals surface area contributed by atoms with Crippen molar-refractivity contribution in [2.75, 3.05) is 39.4 Å². The highest BCUT2D eigenvalue weighted by Crippen LogP contribution is 2.18. The highest BCUT2D eigenvalue weighted by Gasteiger charge is 2.27. The van der Waals surface area contributed by atoms with Crippen molar-refractivity contribution in [1.82, 2.24) is 20.1 Å². The van der Waals surface area contributed by atoms with Crippen LogP contribution in [0.25, 0.3) is 0 Å². The van der Waals surface area contributed by atoms with Crippen LogP contribution in [-0.2, 0) is 21.3 Å². The molecule has 1 heterocycles. The molecule has 9 nitrogen and oxygen atoms in total. The van der Waals surface area contributed by atoms with E-state index in [0.29, 0.717) is 18.8 Å². The maximum absolute atomic E-state index is 12.8. The molecular formula is C23H30N4O5S. The quantitative estimate of drug-likeness (QED) is 0.563. The second-order valence-corrected chi connectivity index (χ2v) is 9.55. The van der Waals surface area contributed by atoms with E-state index in [4.69, 9.17) is 4.74 Å². The second-order valence-electron chi connectivity index (χ2n) is 7.61. The Hall–Kier alpha value is -2.79. The molecule has 2 N–H and O–H groups in total. The van der Waals surface area contributed by atoms with Crippen molar-refractivity contribution in [2.45, 2.75) is 25.3 Å². The Labute approximate surface area is 194 Å². The summed E-state index contributed by atoms with van der Waals surface area (Å²) in [7, 11) is -3.73. The average molecular weight is 475 g/mol. The molecule has 0 spiro atoms. The van der Waals surface area contributed by atoms with Crippen LogP contribution in [0.15, 0.2) is 53.4 Å². The van der Waals surface area contributed by atoms with Gasteiger partial charge in [0.15, 0.2) is 0 Å². The zero-order valence-electron chi connectivity index (χ0n) is 18.9. The van der Waals surface area contributed by atoms with E-state index in [-0.39, 0.29) is 23.5 Å². The highest BCUT2D eigenvalue weighted by atomic mass is 32.2. The van der Waals surface area contributed by atoms with Crippen molar-refractivity contribution >= 4 is 21.8 Å². The summed E-state index contributed by atoms with van der Waals surface area (Å²) >= 11 is 0. The number of hydrazine groups is 1. The maximum Gasteiger partial charge on any atom is 0.269 e. The van der Waals surface area contributed by atoms with Crippen LogP contribution in [-0.4, -0.2) is 68.8 Å². The number of morpholine rings is 1. The molecule has 0 saturated carbocycles. The zero-order valence-corrected chi connectivity index (χ0v) is 19.7. The van der Waals surface area contributed by atoms with E-state index in [1.165, 1.54) is 28.6 Å². The van der Waals surface area contributed by atoms with E-state index in [0.717, 1.165) is 25.2 Å². The number of hydrogen-bond donors (Lipinski definition) is 2. The molecule has 0 aromatic heterocycles. The van der Waals surface area contributed by atoms with Crippen molar-refractivity contribution < 1.29 is 22.7 Å². The minimum Gasteiger partial charge on any atom is -0.379 e. The molecule has 2 aromatic carbocycles. The number of hydrogen-bond acceptors (Lipinski definition) is 6. The lowest BCUT2D eigenvalue weighted by molar-refractivity contribution is 0.0730. The van der Waals surface area contributed by atoms with Gasteiger partial charge in [0, 0.05) is 30.8 Å². The predicted molar refractivity (Wildman–Crippen MR) is 124 cm³/mol. The summed E-state index contributed by atoms with van der Waals surface area (Å²) in [6.07, 6.45) is 0. The average Bonchev–Trinajstić information content (AvgIpc) is 2.86. The first-order chi connectivity index (χ1) is 15.8. The summed E-state index contributed by atoms with van der Waals surface area (Å²) in [5.41, 5.74) is 6.35. The molecular weight excluding hydrogens is 444 g/mol. The van der Waals surface area contributed by atoms with Crippen LogP contribution >= 0.6 is 0 Å². The largest absolute Gasteiger partial charge is 0.379 e. The number of nitrogens with zero attached hydrogens (tertiary/aromatic N) is 2. The summed E-state index contributed by atoms with van der Waals surface area (Å²) in [6, 6.07) is 12.9. The van der Waals surface area contributed by atoms with E-state index in [1.807, 2.05) is 12.1 Å². The molecule has 1 saturated heterocycles. The maximum atomic E-state index is 12.8. The predicted octanol–water partition coefficient (Wildman–Crippen LogP) is 1.62. The molecule has 3 rings (SSSR count). The lowest BCUT2D eigenvalue weighted by atomic mass is 10.1. The highest BCUT2D eigenvalue weighted by molar-refractivity contribution is 7.89. The lowest BCUT2D eigenvalue weighted by Gasteiger charge is -2.26. The number of carbonyl (C=O) groups excluding carboxylic acids is 2. The normalized spacial score (nSPS) is 14.8. The third-order valence-electron chi connectivity index (χ3n) is 5.51. The number of carbonyl (C=O) groups is 2. The lowest BCUT2D eigenvalue weighted by Crippen LogP contribution is -2.42. The Morgan fingerprint density at radius 3 is 2.15 bits per heavy atom. The van der Waals surface area contributed by atoms with Crippen LogP contribution in [0.3, 0.4) is 0 Å². The van der Waals surface area contributed by atoms with Crippen LogP contribution in [0.5, 0.6) is 0 Å². The Balaban J connectivity index is 1.60. The molecule has 0 atom stereocenters. The summed E-state index contributed by atoms with van der Waals surface area (Å²) in [5, 5.41) is 0. The van der Waals surface area contributed by atoms with Gasteiger partial charge in [-0.1, -0.05) is 32.0 Å². The van der Waals surface area contributed by atoms with Crippen LogP contribution in [0.1, 0.15) is 40.1 Å².